The van der Waals surface area contributed by atoms with Crippen molar-refractivity contribution < 1.29 is 9.90 Å². The number of carbonyl (C=O) groups is 1. The van der Waals surface area contributed by atoms with E-state index >= 15 is 0 Å². The van der Waals surface area contributed by atoms with E-state index in [1.807, 2.05) is 29.2 Å². The van der Waals surface area contributed by atoms with Crippen LogP contribution >= 0.6 is 0 Å². The predicted octanol–water partition coefficient (Wildman–Crippen LogP) is 2.80. The summed E-state index contributed by atoms with van der Waals surface area (Å²) in [7, 11) is 0. The van der Waals surface area contributed by atoms with Gasteiger partial charge in [-0.05, 0) is 55.4 Å². The third kappa shape index (κ3) is 5.10. The van der Waals surface area contributed by atoms with Gasteiger partial charge in [0.25, 0.3) is 5.56 Å². The first-order valence-corrected chi connectivity index (χ1v) is 12.4. The summed E-state index contributed by atoms with van der Waals surface area (Å²) in [5.41, 5.74) is 1.24. The predicted molar refractivity (Wildman–Crippen MR) is 135 cm³/mol. The van der Waals surface area contributed by atoms with Crippen molar-refractivity contribution in [3.8, 4) is 5.69 Å². The number of fused-ring (bicyclic) bond motifs is 1. The number of hydrogen-bond donors (Lipinski definition) is 2. The molecule has 1 aromatic carbocycles. The third-order valence-corrected chi connectivity index (χ3v) is 6.89. The lowest BCUT2D eigenvalue weighted by Crippen LogP contribution is -2.50. The van der Waals surface area contributed by atoms with Gasteiger partial charge >= 0.3 is 0 Å². The van der Waals surface area contributed by atoms with Gasteiger partial charge in [0.1, 0.15) is 11.7 Å². The Labute approximate surface area is 204 Å². The first kappa shape index (κ1) is 23.5. The number of aromatic nitrogens is 4. The summed E-state index contributed by atoms with van der Waals surface area (Å²) >= 11 is 0. The molecular formula is C26H34N6O3. The van der Waals surface area contributed by atoms with E-state index in [4.69, 9.17) is 0 Å². The Morgan fingerprint density at radius 2 is 1.86 bits per heavy atom. The molecule has 1 saturated carbocycles. The maximum atomic E-state index is 13.2. The molecule has 1 saturated heterocycles. The summed E-state index contributed by atoms with van der Waals surface area (Å²) in [5, 5.41) is 19.4. The maximum Gasteiger partial charge on any atom is 0.264 e. The van der Waals surface area contributed by atoms with Crippen molar-refractivity contribution in [1.82, 2.24) is 24.2 Å². The largest absolute Gasteiger partial charge is 0.388 e. The van der Waals surface area contributed by atoms with Crippen LogP contribution in [0.25, 0.3) is 16.7 Å². The van der Waals surface area contributed by atoms with Gasteiger partial charge < -0.3 is 15.3 Å². The van der Waals surface area contributed by atoms with Crippen LogP contribution in [0.1, 0.15) is 46.5 Å². The quantitative estimate of drug-likeness (QED) is 0.565. The first-order chi connectivity index (χ1) is 16.6. The van der Waals surface area contributed by atoms with E-state index in [-0.39, 0.29) is 29.3 Å². The minimum absolute atomic E-state index is 0.152. The molecule has 0 radical (unpaired) electrons. The summed E-state index contributed by atoms with van der Waals surface area (Å²) in [5.74, 6) is 0.389. The van der Waals surface area contributed by atoms with E-state index in [9.17, 15) is 14.7 Å². The lowest BCUT2D eigenvalue weighted by Gasteiger charge is -2.38. The van der Waals surface area contributed by atoms with Crippen molar-refractivity contribution in [2.24, 2.45) is 11.3 Å². The van der Waals surface area contributed by atoms with Crippen LogP contribution in [0.2, 0.25) is 0 Å². The standard InChI is InChI=1S/C26H34N6O3/c1-25(2,3)15-27-19-6-8-20(9-7-19)32-22-21(14-29-32)24(34)31(17-28-22)16-26(35)10-12-30(13-11-26)23(33)18-4-5-18/h6-9,14,17-18,27,35H,4-5,10-13,15-16H2,1-3H3. The van der Waals surface area contributed by atoms with Crippen LogP contribution in [0.5, 0.6) is 0 Å². The average Bonchev–Trinajstić information content (AvgIpc) is 3.58. The van der Waals surface area contributed by atoms with Crippen molar-refractivity contribution in [3.63, 3.8) is 0 Å². The second-order valence-electron chi connectivity index (χ2n) is 11.3. The summed E-state index contributed by atoms with van der Waals surface area (Å²) in [6, 6.07) is 7.88. The summed E-state index contributed by atoms with van der Waals surface area (Å²) < 4.78 is 3.12. The fraction of sp³-hybridized carbons (Fsp3) is 0.538. The Kier molecular flexibility index (Phi) is 5.91. The molecule has 9 heteroatoms. The molecule has 186 valence electrons. The zero-order chi connectivity index (χ0) is 24.8. The number of anilines is 1. The first-order valence-electron chi connectivity index (χ1n) is 12.4. The van der Waals surface area contributed by atoms with E-state index in [0.29, 0.717) is 37.0 Å². The molecule has 0 unspecified atom stereocenters. The Bertz CT molecular complexity index is 1280. The molecule has 2 N–H and O–H groups in total. The molecule has 5 rings (SSSR count). The number of carbonyl (C=O) groups excluding carboxylic acids is 1. The van der Waals surface area contributed by atoms with Crippen LogP contribution in [0.4, 0.5) is 5.69 Å². The van der Waals surface area contributed by atoms with Gasteiger partial charge in [0.05, 0.1) is 24.0 Å². The summed E-state index contributed by atoms with van der Waals surface area (Å²) in [6.45, 7) is 8.60. The topological polar surface area (TPSA) is 105 Å². The lowest BCUT2D eigenvalue weighted by molar-refractivity contribution is -0.137. The molecular weight excluding hydrogens is 444 g/mol. The van der Waals surface area contributed by atoms with Crippen molar-refractivity contribution in [3.05, 3.63) is 47.1 Å². The highest BCUT2D eigenvalue weighted by Gasteiger charge is 2.39. The van der Waals surface area contributed by atoms with Gasteiger partial charge in [-0.1, -0.05) is 20.8 Å². The monoisotopic (exact) mass is 478 g/mol. The van der Waals surface area contributed by atoms with Crippen molar-refractivity contribution in [2.75, 3.05) is 25.0 Å². The lowest BCUT2D eigenvalue weighted by atomic mass is 9.91. The second-order valence-corrected chi connectivity index (χ2v) is 11.3. The summed E-state index contributed by atoms with van der Waals surface area (Å²) in [4.78, 5) is 31.8. The zero-order valence-corrected chi connectivity index (χ0v) is 20.7. The van der Waals surface area contributed by atoms with Crippen LogP contribution in [0.3, 0.4) is 0 Å². The van der Waals surface area contributed by atoms with E-state index < -0.39 is 5.60 Å². The molecule has 0 spiro atoms. The van der Waals surface area contributed by atoms with Gasteiger partial charge in [0.15, 0.2) is 5.65 Å². The van der Waals surface area contributed by atoms with Crippen LogP contribution in [-0.2, 0) is 11.3 Å². The fourth-order valence-electron chi connectivity index (χ4n) is 4.54. The minimum atomic E-state index is -1.04. The molecule has 3 heterocycles. The summed E-state index contributed by atoms with van der Waals surface area (Å²) in [6.07, 6.45) is 5.88. The fourth-order valence-corrected chi connectivity index (χ4v) is 4.54. The number of piperidine rings is 1. The Hall–Kier alpha value is -3.20. The zero-order valence-electron chi connectivity index (χ0n) is 20.7. The highest BCUT2D eigenvalue weighted by Crippen LogP contribution is 2.33. The molecule has 9 nitrogen and oxygen atoms in total. The highest BCUT2D eigenvalue weighted by atomic mass is 16.3. The molecule has 2 fully saturated rings. The molecule has 1 aliphatic heterocycles. The van der Waals surface area contributed by atoms with Crippen LogP contribution in [0, 0.1) is 11.3 Å². The Balaban J connectivity index is 1.30. The van der Waals surface area contributed by atoms with Crippen molar-refractivity contribution in [2.45, 2.75) is 58.6 Å². The molecule has 3 aromatic rings. The number of nitrogens with zero attached hydrogens (tertiary/aromatic N) is 5. The van der Waals surface area contributed by atoms with Crippen molar-refractivity contribution in [1.29, 1.82) is 0 Å². The van der Waals surface area contributed by atoms with E-state index in [1.54, 1.807) is 4.68 Å². The Morgan fingerprint density at radius 1 is 1.17 bits per heavy atom. The number of amides is 1. The van der Waals surface area contributed by atoms with Gasteiger partial charge in [0.2, 0.25) is 5.91 Å². The SMILES string of the molecule is CC(C)(C)CNc1ccc(-n2ncc3c(=O)n(CC4(O)CCN(C(=O)C5CC5)CC4)cnc32)cc1. The molecule has 2 aromatic heterocycles. The van der Waals surface area contributed by atoms with Gasteiger partial charge in [-0.2, -0.15) is 5.10 Å². The molecule has 35 heavy (non-hydrogen) atoms. The smallest absolute Gasteiger partial charge is 0.264 e. The van der Waals surface area contributed by atoms with Crippen molar-refractivity contribution >= 4 is 22.6 Å². The minimum Gasteiger partial charge on any atom is -0.388 e. The van der Waals surface area contributed by atoms with Gasteiger partial charge in [-0.15, -0.1) is 0 Å². The molecule has 2 aliphatic rings. The number of likely N-dealkylation sites (tertiary alicyclic amines) is 1. The average molecular weight is 479 g/mol. The number of hydrogen-bond acceptors (Lipinski definition) is 6. The number of nitrogens with one attached hydrogen (secondary N) is 1. The number of aliphatic hydroxyl groups is 1. The van der Waals surface area contributed by atoms with Crippen LogP contribution in [-0.4, -0.2) is 60.5 Å². The van der Waals surface area contributed by atoms with E-state index in [2.05, 4.69) is 36.2 Å². The van der Waals surface area contributed by atoms with Gasteiger partial charge in [0, 0.05) is 31.2 Å². The molecule has 1 aliphatic carbocycles. The van der Waals surface area contributed by atoms with Crippen LogP contribution in [0.15, 0.2) is 41.6 Å². The molecule has 0 bridgehead atoms. The number of benzene rings is 1. The third-order valence-electron chi connectivity index (χ3n) is 6.89. The highest BCUT2D eigenvalue weighted by molar-refractivity contribution is 5.81. The van der Waals surface area contributed by atoms with Crippen LogP contribution < -0.4 is 10.9 Å². The van der Waals surface area contributed by atoms with Gasteiger partial charge in [-0.25, -0.2) is 9.67 Å². The Morgan fingerprint density at radius 3 is 2.49 bits per heavy atom. The normalized spacial score (nSPS) is 18.1. The van der Waals surface area contributed by atoms with Gasteiger partial charge in [-0.3, -0.25) is 14.2 Å². The second kappa shape index (κ2) is 8.78. The van der Waals surface area contributed by atoms with E-state index in [1.165, 1.54) is 17.1 Å². The molecule has 0 atom stereocenters. The maximum absolute atomic E-state index is 13.2. The molecule has 1 amide bonds. The number of rotatable bonds is 6. The van der Waals surface area contributed by atoms with E-state index in [0.717, 1.165) is 30.8 Å².